The molecule has 0 spiro atoms. The van der Waals surface area contributed by atoms with Crippen LogP contribution in [0.5, 0.6) is 0 Å². The van der Waals surface area contributed by atoms with Gasteiger partial charge in [-0.05, 0) is 32.0 Å². The van der Waals surface area contributed by atoms with Crippen LogP contribution in [0.15, 0.2) is 53.3 Å². The van der Waals surface area contributed by atoms with Crippen molar-refractivity contribution in [3.8, 4) is 0 Å². The Morgan fingerprint density at radius 1 is 1.13 bits per heavy atom. The number of fused-ring (bicyclic) bond motifs is 3. The molecule has 9 heteroatoms. The van der Waals surface area contributed by atoms with Crippen molar-refractivity contribution in [2.75, 3.05) is 5.32 Å². The fraction of sp³-hybridized carbons (Fsp3) is 0.190. The van der Waals surface area contributed by atoms with Gasteiger partial charge >= 0.3 is 6.18 Å². The summed E-state index contributed by atoms with van der Waals surface area (Å²) in [4.78, 5) is 25.8. The zero-order valence-corrected chi connectivity index (χ0v) is 16.8. The Bertz CT molecular complexity index is 1340. The highest BCUT2D eigenvalue weighted by atomic mass is 32.1. The van der Waals surface area contributed by atoms with Gasteiger partial charge < -0.3 is 5.32 Å². The van der Waals surface area contributed by atoms with Crippen LogP contribution in [0.25, 0.3) is 20.2 Å². The molecule has 4 rings (SSSR count). The zero-order chi connectivity index (χ0) is 21.6. The highest BCUT2D eigenvalue weighted by Gasteiger charge is 2.34. The van der Waals surface area contributed by atoms with Crippen LogP contribution in [0, 0.1) is 6.92 Å². The van der Waals surface area contributed by atoms with E-state index in [1.54, 1.807) is 6.92 Å². The Balaban J connectivity index is 1.76. The van der Waals surface area contributed by atoms with Gasteiger partial charge in [-0.1, -0.05) is 30.3 Å². The van der Waals surface area contributed by atoms with E-state index < -0.39 is 29.2 Å². The summed E-state index contributed by atoms with van der Waals surface area (Å²) in [6.07, 6.45) is -4.62. The molecule has 0 saturated carbocycles. The largest absolute Gasteiger partial charge is 0.418 e. The van der Waals surface area contributed by atoms with Crippen molar-refractivity contribution in [2.45, 2.75) is 26.1 Å². The monoisotopic (exact) mass is 431 g/mol. The van der Waals surface area contributed by atoms with Crippen LogP contribution in [0.4, 0.5) is 18.9 Å². The lowest BCUT2D eigenvalue weighted by atomic mass is 10.1. The molecule has 0 fully saturated rings. The maximum atomic E-state index is 13.2. The number of hydrogen-bond acceptors (Lipinski definition) is 4. The number of para-hydroxylation sites is 1. The third-order valence-corrected chi connectivity index (χ3v) is 6.12. The van der Waals surface area contributed by atoms with E-state index in [-0.39, 0.29) is 5.69 Å². The van der Waals surface area contributed by atoms with Gasteiger partial charge in [0.2, 0.25) is 5.91 Å². The summed E-state index contributed by atoms with van der Waals surface area (Å²) in [6, 6.07) is 11.0. The average Bonchev–Trinajstić information content (AvgIpc) is 3.10. The lowest BCUT2D eigenvalue weighted by Gasteiger charge is -2.17. The number of nitrogens with zero attached hydrogens (tertiary/aromatic N) is 2. The van der Waals surface area contributed by atoms with Gasteiger partial charge in [-0.15, -0.1) is 11.3 Å². The molecule has 5 nitrogen and oxygen atoms in total. The van der Waals surface area contributed by atoms with Crippen LogP contribution < -0.4 is 10.9 Å². The lowest BCUT2D eigenvalue weighted by Crippen LogP contribution is -2.34. The Morgan fingerprint density at radius 2 is 1.80 bits per heavy atom. The standard InChI is InChI=1S/C21H16F3N3O2S/c1-11-18-17(13-7-3-6-10-16(13)30-18)20(29)27(26-11)12(2)19(28)25-15-9-5-4-8-14(15)21(22,23)24/h3-10,12H,1-2H3,(H,25,28)/t12-/m0/s1. The Hall–Kier alpha value is -3.20. The second kappa shape index (κ2) is 7.24. The molecule has 0 aliphatic heterocycles. The SMILES string of the molecule is Cc1nn([C@@H](C)C(=O)Nc2ccccc2C(F)(F)F)c(=O)c2c1sc1ccccc12. The van der Waals surface area contributed by atoms with Crippen LogP contribution in [0.1, 0.15) is 24.2 Å². The Kier molecular flexibility index (Phi) is 4.85. The lowest BCUT2D eigenvalue weighted by molar-refractivity contribution is -0.137. The molecule has 0 aliphatic carbocycles. The van der Waals surface area contributed by atoms with Gasteiger partial charge in [0.25, 0.3) is 5.56 Å². The van der Waals surface area contributed by atoms with E-state index in [0.717, 1.165) is 25.5 Å². The normalized spacial score (nSPS) is 13.0. The second-order valence-electron chi connectivity index (χ2n) is 6.85. The van der Waals surface area contributed by atoms with Crippen LogP contribution >= 0.6 is 11.3 Å². The average molecular weight is 431 g/mol. The molecule has 1 amide bonds. The molecule has 0 unspecified atom stereocenters. The van der Waals surface area contributed by atoms with Crippen molar-refractivity contribution in [3.05, 3.63) is 70.1 Å². The van der Waals surface area contributed by atoms with Crippen LogP contribution in [-0.4, -0.2) is 15.7 Å². The number of rotatable bonds is 3. The molecule has 0 radical (unpaired) electrons. The van der Waals surface area contributed by atoms with Crippen molar-refractivity contribution >= 4 is 43.1 Å². The topological polar surface area (TPSA) is 64.0 Å². The minimum Gasteiger partial charge on any atom is -0.324 e. The first-order valence-electron chi connectivity index (χ1n) is 9.06. The highest BCUT2D eigenvalue weighted by molar-refractivity contribution is 7.26. The van der Waals surface area contributed by atoms with E-state index in [1.807, 2.05) is 24.3 Å². The Labute approximate surface area is 172 Å². The molecule has 1 N–H and O–H groups in total. The molecular weight excluding hydrogens is 415 g/mol. The van der Waals surface area contributed by atoms with Gasteiger partial charge in [-0.2, -0.15) is 18.3 Å². The Morgan fingerprint density at radius 3 is 2.53 bits per heavy atom. The smallest absolute Gasteiger partial charge is 0.324 e. The third kappa shape index (κ3) is 3.35. The fourth-order valence-corrected chi connectivity index (χ4v) is 4.46. The second-order valence-corrected chi connectivity index (χ2v) is 7.90. The van der Waals surface area contributed by atoms with E-state index in [2.05, 4.69) is 10.4 Å². The van der Waals surface area contributed by atoms with Crippen LogP contribution in [0.2, 0.25) is 0 Å². The maximum absolute atomic E-state index is 13.2. The first kappa shape index (κ1) is 20.1. The first-order valence-corrected chi connectivity index (χ1v) is 9.88. The number of alkyl halides is 3. The van der Waals surface area contributed by atoms with Gasteiger partial charge in [0.05, 0.1) is 27.0 Å². The van der Waals surface area contributed by atoms with Crippen molar-refractivity contribution in [3.63, 3.8) is 0 Å². The number of carbonyl (C=O) groups excluding carboxylic acids is 1. The molecule has 0 aliphatic rings. The summed E-state index contributed by atoms with van der Waals surface area (Å²) in [7, 11) is 0. The van der Waals surface area contributed by atoms with Crippen LogP contribution in [-0.2, 0) is 11.0 Å². The van der Waals surface area contributed by atoms with E-state index in [1.165, 1.54) is 36.5 Å². The molecular formula is C21H16F3N3O2S. The molecule has 2 aromatic carbocycles. The minimum atomic E-state index is -4.62. The summed E-state index contributed by atoms with van der Waals surface area (Å²) >= 11 is 1.44. The van der Waals surface area contributed by atoms with Crippen molar-refractivity contribution < 1.29 is 18.0 Å². The zero-order valence-electron chi connectivity index (χ0n) is 15.9. The summed E-state index contributed by atoms with van der Waals surface area (Å²) in [6.45, 7) is 3.16. The summed E-state index contributed by atoms with van der Waals surface area (Å²) in [5, 5.41) is 7.76. The number of hydrogen-bond donors (Lipinski definition) is 1. The molecule has 1 atom stereocenters. The number of thiophene rings is 1. The number of anilines is 1. The van der Waals surface area contributed by atoms with Gasteiger partial charge in [0.15, 0.2) is 0 Å². The molecule has 154 valence electrons. The molecule has 4 aromatic rings. The van der Waals surface area contributed by atoms with E-state index in [9.17, 15) is 22.8 Å². The highest BCUT2D eigenvalue weighted by Crippen LogP contribution is 2.35. The number of amides is 1. The summed E-state index contributed by atoms with van der Waals surface area (Å²) < 4.78 is 42.3. The number of aryl methyl sites for hydroxylation is 1. The number of halogens is 3. The van der Waals surface area contributed by atoms with Crippen LogP contribution in [0.3, 0.4) is 0 Å². The van der Waals surface area contributed by atoms with Gasteiger partial charge in [-0.25, -0.2) is 4.68 Å². The van der Waals surface area contributed by atoms with Crippen molar-refractivity contribution in [1.82, 2.24) is 9.78 Å². The number of benzene rings is 2. The summed E-state index contributed by atoms with van der Waals surface area (Å²) in [5.74, 6) is -0.764. The van der Waals surface area contributed by atoms with Crippen molar-refractivity contribution in [1.29, 1.82) is 0 Å². The number of carbonyl (C=O) groups is 1. The first-order chi connectivity index (χ1) is 14.2. The maximum Gasteiger partial charge on any atom is 0.418 e. The quantitative estimate of drug-likeness (QED) is 0.489. The predicted molar refractivity (Wildman–Crippen MR) is 111 cm³/mol. The third-order valence-electron chi connectivity index (χ3n) is 4.84. The van der Waals surface area contributed by atoms with Gasteiger partial charge in [0.1, 0.15) is 6.04 Å². The fourth-order valence-electron chi connectivity index (χ4n) is 3.33. The van der Waals surface area contributed by atoms with Gasteiger partial charge in [-0.3, -0.25) is 9.59 Å². The summed E-state index contributed by atoms with van der Waals surface area (Å²) in [5.41, 5.74) is -1.21. The number of nitrogens with one attached hydrogen (secondary N) is 1. The van der Waals surface area contributed by atoms with E-state index in [0.29, 0.717) is 11.1 Å². The van der Waals surface area contributed by atoms with Gasteiger partial charge in [0, 0.05) is 10.1 Å². The van der Waals surface area contributed by atoms with E-state index >= 15 is 0 Å². The molecule has 0 saturated heterocycles. The predicted octanol–water partition coefficient (Wildman–Crippen LogP) is 5.14. The number of aromatic nitrogens is 2. The molecule has 2 heterocycles. The minimum absolute atomic E-state index is 0.367. The molecule has 30 heavy (non-hydrogen) atoms. The molecule has 0 bridgehead atoms. The van der Waals surface area contributed by atoms with Crippen molar-refractivity contribution in [2.24, 2.45) is 0 Å². The molecule has 2 aromatic heterocycles. The van der Waals surface area contributed by atoms with E-state index in [4.69, 9.17) is 0 Å².